The van der Waals surface area contributed by atoms with Gasteiger partial charge in [-0.15, -0.1) is 0 Å². The summed E-state index contributed by atoms with van der Waals surface area (Å²) < 4.78 is 34.8. The van der Waals surface area contributed by atoms with Crippen LogP contribution in [-0.4, -0.2) is 33.5 Å². The summed E-state index contributed by atoms with van der Waals surface area (Å²) in [7, 11) is -1.87. The van der Waals surface area contributed by atoms with Crippen molar-refractivity contribution in [1.29, 1.82) is 0 Å². The van der Waals surface area contributed by atoms with Gasteiger partial charge >= 0.3 is 5.76 Å². The maximum Gasteiger partial charge on any atom is 0.417 e. The van der Waals surface area contributed by atoms with Crippen LogP contribution in [0.4, 0.5) is 0 Å². The number of fused-ring (bicyclic) bond motifs is 1. The smallest absolute Gasteiger partial charge is 0.408 e. The second-order valence-electron chi connectivity index (χ2n) is 6.73. The number of hydrogen-bond donors (Lipinski definition) is 1. The molecule has 0 bridgehead atoms. The van der Waals surface area contributed by atoms with Gasteiger partial charge in [0.25, 0.3) is 0 Å². The zero-order valence-corrected chi connectivity index (χ0v) is 15.6. The molecule has 0 saturated heterocycles. The Morgan fingerprint density at radius 3 is 2.69 bits per heavy atom. The summed E-state index contributed by atoms with van der Waals surface area (Å²) in [4.78, 5) is 14.0. The largest absolute Gasteiger partial charge is 0.417 e. The van der Waals surface area contributed by atoms with Crippen molar-refractivity contribution in [3.05, 3.63) is 45.7 Å². The molecule has 0 radical (unpaired) electrons. The summed E-state index contributed by atoms with van der Waals surface area (Å²) in [6.45, 7) is 4.11. The van der Waals surface area contributed by atoms with Crippen molar-refractivity contribution >= 4 is 21.1 Å². The second kappa shape index (κ2) is 5.82. The average Bonchev–Trinajstić information content (AvgIpc) is 3.28. The lowest BCUT2D eigenvalue weighted by Crippen LogP contribution is -2.33. The van der Waals surface area contributed by atoms with Gasteiger partial charge in [-0.3, -0.25) is 9.67 Å². The number of benzene rings is 1. The van der Waals surface area contributed by atoms with Gasteiger partial charge in [-0.05, 0) is 38.8 Å². The third-order valence-electron chi connectivity index (χ3n) is 4.93. The van der Waals surface area contributed by atoms with E-state index in [1.807, 2.05) is 20.9 Å². The molecule has 1 aliphatic rings. The van der Waals surface area contributed by atoms with Crippen molar-refractivity contribution in [1.82, 2.24) is 19.1 Å². The van der Waals surface area contributed by atoms with Gasteiger partial charge in [-0.25, -0.2) is 13.2 Å². The molecule has 0 spiro atoms. The van der Waals surface area contributed by atoms with Gasteiger partial charge in [-0.1, -0.05) is 0 Å². The van der Waals surface area contributed by atoms with Crippen LogP contribution >= 0.6 is 0 Å². The van der Waals surface area contributed by atoms with E-state index in [2.05, 4.69) is 10.1 Å². The summed E-state index contributed by atoms with van der Waals surface area (Å²) in [5, 5.41) is 4.38. The molecule has 3 aromatic rings. The van der Waals surface area contributed by atoms with Crippen molar-refractivity contribution in [2.75, 3.05) is 0 Å². The van der Waals surface area contributed by atoms with Crippen molar-refractivity contribution in [2.45, 2.75) is 44.2 Å². The molecule has 1 aliphatic carbocycles. The molecular formula is C17H20N4O4S. The maximum absolute atomic E-state index is 13.3. The van der Waals surface area contributed by atoms with Crippen LogP contribution in [0.1, 0.15) is 29.8 Å². The zero-order valence-electron chi connectivity index (χ0n) is 14.8. The molecule has 1 aromatic carbocycles. The SMILES string of the molecule is Cc1nn(C)c(C)c1CN(C1CC1)S(=O)(=O)c1ccc2[nH]c(=O)oc2c1. The molecule has 8 nitrogen and oxygen atoms in total. The standard InChI is InChI=1S/C17H20N4O4S/c1-10-14(11(2)20(3)19-10)9-21(12-4-5-12)26(23,24)13-6-7-15-16(8-13)25-17(22)18-15/h6-8,12H,4-5,9H2,1-3H3,(H,18,22). The highest BCUT2D eigenvalue weighted by molar-refractivity contribution is 7.89. The Morgan fingerprint density at radius 2 is 2.08 bits per heavy atom. The van der Waals surface area contributed by atoms with Gasteiger partial charge in [0.1, 0.15) is 0 Å². The molecule has 1 saturated carbocycles. The molecule has 0 aliphatic heterocycles. The lowest BCUT2D eigenvalue weighted by atomic mass is 10.2. The van der Waals surface area contributed by atoms with Crippen LogP contribution in [-0.2, 0) is 23.6 Å². The number of H-pyrrole nitrogens is 1. The highest BCUT2D eigenvalue weighted by Gasteiger charge is 2.39. The number of oxazole rings is 1. The second-order valence-corrected chi connectivity index (χ2v) is 8.62. The van der Waals surface area contributed by atoms with Crippen LogP contribution in [0, 0.1) is 13.8 Å². The number of nitrogens with zero attached hydrogens (tertiary/aromatic N) is 3. The highest BCUT2D eigenvalue weighted by Crippen LogP contribution is 2.35. The van der Waals surface area contributed by atoms with Gasteiger partial charge in [0.2, 0.25) is 10.0 Å². The highest BCUT2D eigenvalue weighted by atomic mass is 32.2. The van der Waals surface area contributed by atoms with Gasteiger partial charge in [0, 0.05) is 37.0 Å². The van der Waals surface area contributed by atoms with Crippen molar-refractivity contribution < 1.29 is 12.8 Å². The van der Waals surface area contributed by atoms with Crippen LogP contribution in [0.3, 0.4) is 0 Å². The fraction of sp³-hybridized carbons (Fsp3) is 0.412. The third-order valence-corrected chi connectivity index (χ3v) is 6.82. The first-order chi connectivity index (χ1) is 12.3. The minimum Gasteiger partial charge on any atom is -0.408 e. The molecule has 0 unspecified atom stereocenters. The fourth-order valence-corrected chi connectivity index (χ4v) is 4.87. The number of sulfonamides is 1. The molecule has 4 rings (SSSR count). The van der Waals surface area contributed by atoms with Gasteiger partial charge in [-0.2, -0.15) is 9.40 Å². The normalized spacial score (nSPS) is 15.2. The molecular weight excluding hydrogens is 356 g/mol. The van der Waals surface area contributed by atoms with Crippen molar-refractivity contribution in [2.24, 2.45) is 7.05 Å². The molecule has 138 valence electrons. The molecule has 2 aromatic heterocycles. The lowest BCUT2D eigenvalue weighted by Gasteiger charge is -2.22. The Bertz CT molecular complexity index is 1150. The molecule has 1 fully saturated rings. The lowest BCUT2D eigenvalue weighted by molar-refractivity contribution is 0.397. The number of hydrogen-bond acceptors (Lipinski definition) is 5. The number of rotatable bonds is 5. The van der Waals surface area contributed by atoms with E-state index < -0.39 is 15.8 Å². The van der Waals surface area contributed by atoms with E-state index in [1.165, 1.54) is 16.4 Å². The first kappa shape index (κ1) is 17.0. The topological polar surface area (TPSA) is 101 Å². The predicted molar refractivity (Wildman–Crippen MR) is 95.3 cm³/mol. The third kappa shape index (κ3) is 2.77. The van der Waals surface area contributed by atoms with Crippen molar-refractivity contribution in [3.8, 4) is 0 Å². The monoisotopic (exact) mass is 376 g/mol. The zero-order chi connectivity index (χ0) is 18.6. The number of aryl methyl sites for hydroxylation is 2. The maximum atomic E-state index is 13.3. The van der Waals surface area contributed by atoms with Crippen molar-refractivity contribution in [3.63, 3.8) is 0 Å². The number of nitrogens with one attached hydrogen (secondary N) is 1. The Morgan fingerprint density at radius 1 is 1.35 bits per heavy atom. The van der Waals surface area contributed by atoms with E-state index in [0.717, 1.165) is 29.8 Å². The van der Waals surface area contributed by atoms with E-state index in [-0.39, 0.29) is 23.1 Å². The minimum atomic E-state index is -3.72. The van der Waals surface area contributed by atoms with Crippen LogP contribution in [0.5, 0.6) is 0 Å². The first-order valence-electron chi connectivity index (χ1n) is 8.41. The summed E-state index contributed by atoms with van der Waals surface area (Å²) in [5.41, 5.74) is 3.43. The van der Waals surface area contributed by atoms with Crippen LogP contribution in [0.2, 0.25) is 0 Å². The van der Waals surface area contributed by atoms with Gasteiger partial charge < -0.3 is 4.42 Å². The van der Waals surface area contributed by atoms with Crippen LogP contribution in [0.15, 0.2) is 32.3 Å². The van der Waals surface area contributed by atoms with E-state index in [1.54, 1.807) is 10.7 Å². The number of aromatic nitrogens is 3. The van der Waals surface area contributed by atoms with E-state index in [4.69, 9.17) is 4.42 Å². The van der Waals surface area contributed by atoms with Gasteiger partial charge in [0.05, 0.1) is 16.1 Å². The predicted octanol–water partition coefficient (Wildman–Crippen LogP) is 1.82. The molecule has 9 heteroatoms. The van der Waals surface area contributed by atoms with Crippen LogP contribution < -0.4 is 5.76 Å². The summed E-state index contributed by atoms with van der Waals surface area (Å²) in [6, 6.07) is 4.45. The Balaban J connectivity index is 1.75. The molecule has 2 heterocycles. The summed E-state index contributed by atoms with van der Waals surface area (Å²) in [6.07, 6.45) is 1.69. The van der Waals surface area contributed by atoms with Gasteiger partial charge in [0.15, 0.2) is 5.58 Å². The molecule has 26 heavy (non-hydrogen) atoms. The Labute approximate surface area is 150 Å². The Hall–Kier alpha value is -2.39. The molecule has 0 atom stereocenters. The first-order valence-corrected chi connectivity index (χ1v) is 9.85. The Kier molecular flexibility index (Phi) is 3.81. The van der Waals surface area contributed by atoms with E-state index in [9.17, 15) is 13.2 Å². The summed E-state index contributed by atoms with van der Waals surface area (Å²) in [5.74, 6) is -0.602. The summed E-state index contributed by atoms with van der Waals surface area (Å²) >= 11 is 0. The number of aromatic amines is 1. The average molecular weight is 376 g/mol. The minimum absolute atomic E-state index is 0.00654. The van der Waals surface area contributed by atoms with E-state index >= 15 is 0 Å². The molecule has 1 N–H and O–H groups in total. The van der Waals surface area contributed by atoms with E-state index in [0.29, 0.717) is 5.52 Å². The quantitative estimate of drug-likeness (QED) is 0.732. The fourth-order valence-electron chi connectivity index (χ4n) is 3.20. The molecule has 0 amide bonds. The van der Waals surface area contributed by atoms with Crippen LogP contribution in [0.25, 0.3) is 11.1 Å².